The number of anilines is 1. The Morgan fingerprint density at radius 3 is 2.56 bits per heavy atom. The molecule has 3 rings (SSSR count). The molecule has 0 unspecified atom stereocenters. The molecule has 0 atom stereocenters. The third kappa shape index (κ3) is 5.30. The molecule has 0 aromatic heterocycles. The van der Waals surface area contributed by atoms with E-state index in [-0.39, 0.29) is 6.03 Å². The summed E-state index contributed by atoms with van der Waals surface area (Å²) in [5, 5.41) is 3.67. The second-order valence-electron chi connectivity index (χ2n) is 6.78. The van der Waals surface area contributed by atoms with Gasteiger partial charge in [-0.05, 0) is 55.3 Å². The van der Waals surface area contributed by atoms with Crippen LogP contribution >= 0.6 is 11.6 Å². The lowest BCUT2D eigenvalue weighted by atomic mass is 10.1. The fourth-order valence-corrected chi connectivity index (χ4v) is 3.27. The largest absolute Gasteiger partial charge is 0.492 e. The minimum Gasteiger partial charge on any atom is -0.492 e. The van der Waals surface area contributed by atoms with Crippen molar-refractivity contribution in [3.05, 3.63) is 58.6 Å². The van der Waals surface area contributed by atoms with Crippen molar-refractivity contribution in [1.82, 2.24) is 10.2 Å². The molecule has 27 heavy (non-hydrogen) atoms. The molecule has 1 fully saturated rings. The number of ether oxygens (including phenoxy) is 1. The molecule has 2 aromatic rings. The van der Waals surface area contributed by atoms with Crippen LogP contribution in [0.1, 0.15) is 11.1 Å². The standard InChI is InChI=1S/C21H26ClN3O2/c1-16-6-7-20(14-17(16)2)27-13-8-23-21(26)25-11-9-24(10-12-25)19-5-3-4-18(22)15-19/h3-7,14-15H,8-13H2,1-2H3,(H,23,26). The van der Waals surface area contributed by atoms with Crippen molar-refractivity contribution in [2.45, 2.75) is 13.8 Å². The fourth-order valence-electron chi connectivity index (χ4n) is 3.08. The first kappa shape index (κ1) is 19.4. The number of amides is 2. The maximum atomic E-state index is 12.3. The van der Waals surface area contributed by atoms with Crippen molar-refractivity contribution in [2.75, 3.05) is 44.2 Å². The van der Waals surface area contributed by atoms with Crippen LogP contribution in [-0.4, -0.2) is 50.3 Å². The molecule has 1 N–H and O–H groups in total. The van der Waals surface area contributed by atoms with Gasteiger partial charge in [-0.3, -0.25) is 0 Å². The van der Waals surface area contributed by atoms with Gasteiger partial charge < -0.3 is 19.9 Å². The van der Waals surface area contributed by atoms with Crippen LogP contribution in [-0.2, 0) is 0 Å². The van der Waals surface area contributed by atoms with E-state index in [2.05, 4.69) is 24.1 Å². The molecule has 0 bridgehead atoms. The van der Waals surface area contributed by atoms with Crippen LogP contribution in [0.4, 0.5) is 10.5 Å². The van der Waals surface area contributed by atoms with Crippen molar-refractivity contribution in [3.8, 4) is 5.75 Å². The minimum atomic E-state index is -0.0376. The summed E-state index contributed by atoms with van der Waals surface area (Å²) in [6.07, 6.45) is 0. The van der Waals surface area contributed by atoms with Crippen molar-refractivity contribution < 1.29 is 9.53 Å². The Morgan fingerprint density at radius 2 is 1.85 bits per heavy atom. The van der Waals surface area contributed by atoms with Gasteiger partial charge in [-0.15, -0.1) is 0 Å². The molecule has 0 radical (unpaired) electrons. The fraction of sp³-hybridized carbons (Fsp3) is 0.381. The first-order valence-electron chi connectivity index (χ1n) is 9.26. The second kappa shape index (κ2) is 9.00. The van der Waals surface area contributed by atoms with Crippen molar-refractivity contribution in [3.63, 3.8) is 0 Å². The molecular weight excluding hydrogens is 362 g/mol. The van der Waals surface area contributed by atoms with E-state index in [1.54, 1.807) is 0 Å². The highest BCUT2D eigenvalue weighted by Gasteiger charge is 2.21. The van der Waals surface area contributed by atoms with E-state index in [0.29, 0.717) is 26.2 Å². The maximum Gasteiger partial charge on any atom is 0.317 e. The van der Waals surface area contributed by atoms with E-state index in [0.717, 1.165) is 29.5 Å². The van der Waals surface area contributed by atoms with Crippen LogP contribution in [0.15, 0.2) is 42.5 Å². The number of hydrogen-bond donors (Lipinski definition) is 1. The summed E-state index contributed by atoms with van der Waals surface area (Å²) in [5.41, 5.74) is 3.55. The van der Waals surface area contributed by atoms with E-state index in [9.17, 15) is 4.79 Å². The average Bonchev–Trinajstić information content (AvgIpc) is 2.68. The SMILES string of the molecule is Cc1ccc(OCCNC(=O)N2CCN(c3cccc(Cl)c3)CC2)cc1C. The van der Waals surface area contributed by atoms with E-state index in [4.69, 9.17) is 16.3 Å². The number of aryl methyl sites for hydroxylation is 2. The van der Waals surface area contributed by atoms with Crippen molar-refractivity contribution in [2.24, 2.45) is 0 Å². The van der Waals surface area contributed by atoms with Crippen molar-refractivity contribution >= 4 is 23.3 Å². The summed E-state index contributed by atoms with van der Waals surface area (Å²) in [7, 11) is 0. The van der Waals surface area contributed by atoms with Gasteiger partial charge in [0.2, 0.25) is 0 Å². The van der Waals surface area contributed by atoms with Gasteiger partial charge in [-0.25, -0.2) is 4.79 Å². The lowest BCUT2D eigenvalue weighted by Crippen LogP contribution is -2.52. The topological polar surface area (TPSA) is 44.8 Å². The maximum absolute atomic E-state index is 12.3. The van der Waals surface area contributed by atoms with E-state index >= 15 is 0 Å². The molecule has 5 nitrogen and oxygen atoms in total. The molecule has 0 aliphatic carbocycles. The van der Waals surface area contributed by atoms with Crippen LogP contribution < -0.4 is 15.0 Å². The zero-order chi connectivity index (χ0) is 19.2. The number of halogens is 1. The highest BCUT2D eigenvalue weighted by Crippen LogP contribution is 2.20. The number of carbonyl (C=O) groups excluding carboxylic acids is 1. The number of rotatable bonds is 5. The average molecular weight is 388 g/mol. The Bertz CT molecular complexity index is 789. The molecule has 1 heterocycles. The normalized spacial score (nSPS) is 14.2. The molecule has 6 heteroatoms. The van der Waals surface area contributed by atoms with E-state index in [1.165, 1.54) is 11.1 Å². The highest BCUT2D eigenvalue weighted by atomic mass is 35.5. The lowest BCUT2D eigenvalue weighted by Gasteiger charge is -2.36. The molecule has 2 amide bonds. The molecule has 2 aromatic carbocycles. The predicted molar refractivity (Wildman–Crippen MR) is 110 cm³/mol. The molecule has 1 aliphatic heterocycles. The second-order valence-corrected chi connectivity index (χ2v) is 7.22. The van der Waals surface area contributed by atoms with Gasteiger partial charge in [-0.1, -0.05) is 23.7 Å². The molecule has 0 spiro atoms. The smallest absolute Gasteiger partial charge is 0.317 e. The summed E-state index contributed by atoms with van der Waals surface area (Å²) in [6, 6.07) is 13.8. The summed E-state index contributed by atoms with van der Waals surface area (Å²) in [4.78, 5) is 16.4. The predicted octanol–water partition coefficient (Wildman–Crippen LogP) is 3.87. The summed E-state index contributed by atoms with van der Waals surface area (Å²) < 4.78 is 5.71. The first-order chi connectivity index (χ1) is 13.0. The highest BCUT2D eigenvalue weighted by molar-refractivity contribution is 6.30. The summed E-state index contributed by atoms with van der Waals surface area (Å²) >= 11 is 6.06. The van der Waals surface area contributed by atoms with Gasteiger partial charge in [-0.2, -0.15) is 0 Å². The van der Waals surface area contributed by atoms with E-state index in [1.807, 2.05) is 47.4 Å². The van der Waals surface area contributed by atoms with Crippen molar-refractivity contribution in [1.29, 1.82) is 0 Å². The Balaban J connectivity index is 1.38. The van der Waals surface area contributed by atoms with Gasteiger partial charge in [0.05, 0.1) is 6.54 Å². The van der Waals surface area contributed by atoms with Gasteiger partial charge in [0, 0.05) is 36.9 Å². The number of hydrogen-bond acceptors (Lipinski definition) is 3. The van der Waals surface area contributed by atoms with Gasteiger partial charge in [0.15, 0.2) is 0 Å². The van der Waals surface area contributed by atoms with Gasteiger partial charge in [0.1, 0.15) is 12.4 Å². The minimum absolute atomic E-state index is 0.0376. The Kier molecular flexibility index (Phi) is 6.45. The molecule has 1 aliphatic rings. The third-order valence-electron chi connectivity index (χ3n) is 4.87. The molecule has 1 saturated heterocycles. The number of benzene rings is 2. The van der Waals surface area contributed by atoms with Gasteiger partial charge >= 0.3 is 6.03 Å². The zero-order valence-electron chi connectivity index (χ0n) is 15.9. The zero-order valence-corrected chi connectivity index (χ0v) is 16.6. The summed E-state index contributed by atoms with van der Waals surface area (Å²) in [5.74, 6) is 0.836. The quantitative estimate of drug-likeness (QED) is 0.792. The Labute approximate surface area is 165 Å². The molecule has 0 saturated carbocycles. The number of piperazine rings is 1. The Morgan fingerprint density at radius 1 is 1.07 bits per heavy atom. The van der Waals surface area contributed by atoms with Gasteiger partial charge in [0.25, 0.3) is 0 Å². The lowest BCUT2D eigenvalue weighted by molar-refractivity contribution is 0.191. The van der Waals surface area contributed by atoms with Crippen LogP contribution in [0.3, 0.4) is 0 Å². The number of nitrogens with zero attached hydrogens (tertiary/aromatic N) is 2. The van der Waals surface area contributed by atoms with Crippen LogP contribution in [0.2, 0.25) is 5.02 Å². The van der Waals surface area contributed by atoms with Crippen LogP contribution in [0.25, 0.3) is 0 Å². The number of nitrogens with one attached hydrogen (secondary N) is 1. The Hall–Kier alpha value is -2.40. The number of urea groups is 1. The third-order valence-corrected chi connectivity index (χ3v) is 5.10. The molecule has 144 valence electrons. The monoisotopic (exact) mass is 387 g/mol. The first-order valence-corrected chi connectivity index (χ1v) is 9.64. The molecular formula is C21H26ClN3O2. The number of carbonyl (C=O) groups is 1. The van der Waals surface area contributed by atoms with Crippen LogP contribution in [0, 0.1) is 13.8 Å². The van der Waals surface area contributed by atoms with E-state index < -0.39 is 0 Å². The van der Waals surface area contributed by atoms with Crippen LogP contribution in [0.5, 0.6) is 5.75 Å². The summed E-state index contributed by atoms with van der Waals surface area (Å²) in [6.45, 7) is 8.06.